The van der Waals surface area contributed by atoms with E-state index in [2.05, 4.69) is 27.0 Å². The predicted octanol–water partition coefficient (Wildman–Crippen LogP) is 3.27. The third kappa shape index (κ3) is 6.81. The molecule has 1 amide bonds. The number of alkyl halides is 3. The van der Waals surface area contributed by atoms with Crippen LogP contribution in [0.4, 0.5) is 13.2 Å². The van der Waals surface area contributed by atoms with E-state index in [1.165, 1.54) is 5.56 Å². The number of nitrogens with zero attached hydrogens (tertiary/aromatic N) is 1. The molecule has 0 saturated carbocycles. The van der Waals surface area contributed by atoms with Gasteiger partial charge in [0.05, 0.1) is 18.9 Å². The maximum absolute atomic E-state index is 12.3. The molecular formula is C20H23F3N2O5S. The Morgan fingerprint density at radius 2 is 2.10 bits per heavy atom. The van der Waals surface area contributed by atoms with Crippen molar-refractivity contribution < 1.29 is 37.0 Å². The molecule has 3 atom stereocenters. The lowest BCUT2D eigenvalue weighted by molar-refractivity contribution is -0.192. The highest BCUT2D eigenvalue weighted by Crippen LogP contribution is 2.34. The molecule has 2 aromatic rings. The van der Waals surface area contributed by atoms with Crippen LogP contribution in [-0.2, 0) is 27.4 Å². The molecule has 31 heavy (non-hydrogen) atoms. The zero-order chi connectivity index (χ0) is 22.4. The summed E-state index contributed by atoms with van der Waals surface area (Å²) >= 11 is 1.74. The monoisotopic (exact) mass is 460 g/mol. The molecule has 2 fully saturated rings. The van der Waals surface area contributed by atoms with Crippen LogP contribution in [0, 0.1) is 5.92 Å². The van der Waals surface area contributed by atoms with E-state index >= 15 is 0 Å². The average molecular weight is 460 g/mol. The largest absolute Gasteiger partial charge is 0.490 e. The van der Waals surface area contributed by atoms with Crippen LogP contribution < -0.4 is 5.32 Å². The maximum atomic E-state index is 12.3. The van der Waals surface area contributed by atoms with E-state index in [9.17, 15) is 18.0 Å². The van der Waals surface area contributed by atoms with E-state index in [0.29, 0.717) is 12.5 Å². The summed E-state index contributed by atoms with van der Waals surface area (Å²) in [6.07, 6.45) is -1.67. The van der Waals surface area contributed by atoms with Crippen molar-refractivity contribution >= 4 is 23.2 Å². The third-order valence-corrected chi connectivity index (χ3v) is 5.91. The molecule has 11 heteroatoms. The first kappa shape index (κ1) is 23.3. The van der Waals surface area contributed by atoms with Gasteiger partial charge < -0.3 is 19.6 Å². The van der Waals surface area contributed by atoms with Gasteiger partial charge in [-0.25, -0.2) is 4.79 Å². The molecule has 2 saturated heterocycles. The molecule has 0 aliphatic carbocycles. The second-order valence-corrected chi connectivity index (χ2v) is 8.19. The Labute approximate surface area is 180 Å². The highest BCUT2D eigenvalue weighted by molar-refractivity contribution is 7.07. The SMILES string of the molecule is O=C(NCc1ccco1)[C@@H]1C[C@@H]2CCN(Cc3ccsc3)C[C@H]2O1.O=C(O)C(F)(F)F. The highest BCUT2D eigenvalue weighted by atomic mass is 32.1. The minimum absolute atomic E-state index is 0.0230. The number of furan rings is 1. The first-order valence-corrected chi connectivity index (χ1v) is 10.7. The van der Waals surface area contributed by atoms with Crippen molar-refractivity contribution in [2.45, 2.75) is 44.3 Å². The third-order valence-electron chi connectivity index (χ3n) is 5.17. The molecule has 7 nitrogen and oxygen atoms in total. The van der Waals surface area contributed by atoms with Gasteiger partial charge in [-0.2, -0.15) is 24.5 Å². The average Bonchev–Trinajstić information content (AvgIpc) is 3.47. The number of halogens is 3. The fourth-order valence-corrected chi connectivity index (χ4v) is 4.31. The summed E-state index contributed by atoms with van der Waals surface area (Å²) in [5, 5.41) is 14.4. The van der Waals surface area contributed by atoms with Crippen molar-refractivity contribution in [3.63, 3.8) is 0 Å². The van der Waals surface area contributed by atoms with E-state index in [-0.39, 0.29) is 18.1 Å². The fraction of sp³-hybridized carbons (Fsp3) is 0.500. The minimum atomic E-state index is -5.08. The number of carbonyl (C=O) groups excluding carboxylic acids is 1. The molecule has 0 radical (unpaired) electrons. The summed E-state index contributed by atoms with van der Waals surface area (Å²) in [6.45, 7) is 3.40. The van der Waals surface area contributed by atoms with Crippen molar-refractivity contribution in [3.05, 3.63) is 46.5 Å². The lowest BCUT2D eigenvalue weighted by Crippen LogP contribution is -2.42. The molecule has 2 N–H and O–H groups in total. The Morgan fingerprint density at radius 3 is 2.71 bits per heavy atom. The summed E-state index contributed by atoms with van der Waals surface area (Å²) < 4.78 is 43.0. The van der Waals surface area contributed by atoms with Crippen LogP contribution in [0.25, 0.3) is 0 Å². The van der Waals surface area contributed by atoms with Crippen molar-refractivity contribution in [2.24, 2.45) is 5.92 Å². The first-order chi connectivity index (χ1) is 14.7. The van der Waals surface area contributed by atoms with E-state index in [4.69, 9.17) is 19.1 Å². The van der Waals surface area contributed by atoms with Gasteiger partial charge >= 0.3 is 12.1 Å². The number of carboxylic acids is 1. The number of carbonyl (C=O) groups is 2. The minimum Gasteiger partial charge on any atom is -0.475 e. The normalized spacial score (nSPS) is 23.5. The number of amides is 1. The molecule has 170 valence electrons. The molecule has 0 aromatic carbocycles. The number of aliphatic carboxylic acids is 1. The summed E-state index contributed by atoms with van der Waals surface area (Å²) in [5.41, 5.74) is 1.36. The van der Waals surface area contributed by atoms with E-state index in [0.717, 1.165) is 38.2 Å². The number of hydrogen-bond donors (Lipinski definition) is 2. The molecular weight excluding hydrogens is 437 g/mol. The van der Waals surface area contributed by atoms with Crippen molar-refractivity contribution in [1.29, 1.82) is 0 Å². The van der Waals surface area contributed by atoms with Crippen LogP contribution in [0.3, 0.4) is 0 Å². The fourth-order valence-electron chi connectivity index (χ4n) is 3.65. The standard InChI is InChI=1S/C18H22N2O3S.C2HF3O2/c21-18(19-9-15-2-1-6-22-15)16-8-14-3-5-20(11-17(14)23-16)10-13-4-7-24-12-13;3-2(4,5)1(6)7/h1-2,4,6-7,12,14,16-17H,3,5,8-11H2,(H,19,21);(H,6,7)/t14-,16-,17+;/m0./s1. The number of thiophene rings is 1. The van der Waals surface area contributed by atoms with E-state index in [1.54, 1.807) is 17.6 Å². The number of hydrogen-bond acceptors (Lipinski definition) is 6. The van der Waals surface area contributed by atoms with Gasteiger partial charge in [-0.15, -0.1) is 0 Å². The zero-order valence-corrected chi connectivity index (χ0v) is 17.3. The Hall–Kier alpha value is -2.37. The van der Waals surface area contributed by atoms with Gasteiger partial charge in [-0.05, 0) is 59.8 Å². The van der Waals surface area contributed by atoms with Crippen molar-refractivity contribution in [3.8, 4) is 0 Å². The summed E-state index contributed by atoms with van der Waals surface area (Å²) in [7, 11) is 0. The van der Waals surface area contributed by atoms with Crippen LogP contribution in [0.5, 0.6) is 0 Å². The molecule has 4 rings (SSSR count). The lowest BCUT2D eigenvalue weighted by Gasteiger charge is -2.33. The number of nitrogens with one attached hydrogen (secondary N) is 1. The van der Waals surface area contributed by atoms with Crippen LogP contribution in [0.2, 0.25) is 0 Å². The predicted molar refractivity (Wildman–Crippen MR) is 105 cm³/mol. The van der Waals surface area contributed by atoms with Gasteiger partial charge in [-0.1, -0.05) is 0 Å². The number of piperidine rings is 1. The Balaban J connectivity index is 0.000000339. The zero-order valence-electron chi connectivity index (χ0n) is 16.5. The Bertz CT molecular complexity index is 842. The number of carboxylic acid groups (broad SMARTS) is 1. The topological polar surface area (TPSA) is 92.0 Å². The summed E-state index contributed by atoms with van der Waals surface area (Å²) in [6, 6.07) is 5.86. The molecule has 2 aromatic heterocycles. The second kappa shape index (κ2) is 10.3. The van der Waals surface area contributed by atoms with Gasteiger partial charge in [0.15, 0.2) is 0 Å². The summed E-state index contributed by atoms with van der Waals surface area (Å²) in [5.74, 6) is -1.51. The molecule has 0 bridgehead atoms. The van der Waals surface area contributed by atoms with Crippen molar-refractivity contribution in [1.82, 2.24) is 10.2 Å². The van der Waals surface area contributed by atoms with Crippen LogP contribution in [-0.4, -0.2) is 53.4 Å². The number of ether oxygens (including phenoxy) is 1. The van der Waals surface area contributed by atoms with Gasteiger partial charge in [0, 0.05) is 13.1 Å². The second-order valence-electron chi connectivity index (χ2n) is 7.41. The van der Waals surface area contributed by atoms with Crippen LogP contribution in [0.15, 0.2) is 39.6 Å². The molecule has 0 unspecified atom stereocenters. The van der Waals surface area contributed by atoms with Gasteiger partial charge in [0.2, 0.25) is 5.91 Å². The van der Waals surface area contributed by atoms with Gasteiger partial charge in [-0.3, -0.25) is 9.69 Å². The summed E-state index contributed by atoms with van der Waals surface area (Å²) in [4.78, 5) is 23.7. The molecule has 4 heterocycles. The van der Waals surface area contributed by atoms with E-state index < -0.39 is 12.1 Å². The van der Waals surface area contributed by atoms with Crippen molar-refractivity contribution in [2.75, 3.05) is 13.1 Å². The quantitative estimate of drug-likeness (QED) is 0.712. The number of likely N-dealkylation sites (tertiary alicyclic amines) is 1. The van der Waals surface area contributed by atoms with E-state index in [1.807, 2.05) is 12.1 Å². The molecule has 2 aliphatic heterocycles. The highest BCUT2D eigenvalue weighted by Gasteiger charge is 2.41. The Morgan fingerprint density at radius 1 is 1.32 bits per heavy atom. The smallest absolute Gasteiger partial charge is 0.475 e. The number of fused-ring (bicyclic) bond motifs is 1. The van der Waals surface area contributed by atoms with Crippen LogP contribution in [0.1, 0.15) is 24.2 Å². The first-order valence-electron chi connectivity index (χ1n) is 9.71. The number of rotatable bonds is 5. The maximum Gasteiger partial charge on any atom is 0.490 e. The molecule has 0 spiro atoms. The van der Waals surface area contributed by atoms with Gasteiger partial charge in [0.1, 0.15) is 11.9 Å². The van der Waals surface area contributed by atoms with Crippen LogP contribution >= 0.6 is 11.3 Å². The molecule has 2 aliphatic rings. The lowest BCUT2D eigenvalue weighted by atomic mass is 9.91. The Kier molecular flexibility index (Phi) is 7.74. The van der Waals surface area contributed by atoms with Gasteiger partial charge in [0.25, 0.3) is 0 Å².